The van der Waals surface area contributed by atoms with E-state index in [9.17, 15) is 9.18 Å². The van der Waals surface area contributed by atoms with E-state index >= 15 is 0 Å². The van der Waals surface area contributed by atoms with Crippen LogP contribution in [0.2, 0.25) is 0 Å². The minimum atomic E-state index is -0.431. The van der Waals surface area contributed by atoms with Crippen LogP contribution in [0, 0.1) is 11.7 Å². The summed E-state index contributed by atoms with van der Waals surface area (Å²) in [4.78, 5) is 11.9. The smallest absolute Gasteiger partial charge is 0.251 e. The average Bonchev–Trinajstić information content (AvgIpc) is 2.86. The Morgan fingerprint density at radius 2 is 2.39 bits per heavy atom. The molecule has 18 heavy (non-hydrogen) atoms. The minimum absolute atomic E-state index is 0.0340. The predicted molar refractivity (Wildman–Crippen MR) is 70.0 cm³/mol. The molecule has 1 aromatic rings. The molecule has 1 fully saturated rings. The molecule has 0 bridgehead atoms. The van der Waals surface area contributed by atoms with Crippen molar-refractivity contribution in [3.63, 3.8) is 0 Å². The zero-order chi connectivity index (χ0) is 13.1. The molecule has 0 radical (unpaired) electrons. The van der Waals surface area contributed by atoms with Crippen molar-refractivity contribution in [2.45, 2.75) is 19.4 Å². The van der Waals surface area contributed by atoms with Gasteiger partial charge in [0.05, 0.1) is 11.1 Å². The first-order chi connectivity index (χ1) is 8.58. The first kappa shape index (κ1) is 13.5. The molecule has 1 heterocycles. The normalized spacial score (nSPS) is 20.7. The van der Waals surface area contributed by atoms with Crippen LogP contribution in [0.3, 0.4) is 0 Å². The average molecular weight is 316 g/mol. The number of ether oxygens (including phenoxy) is 1. The summed E-state index contributed by atoms with van der Waals surface area (Å²) >= 11 is 3.06. The summed E-state index contributed by atoms with van der Waals surface area (Å²) in [5.74, 6) is -0.338. The number of carbonyl (C=O) groups excluding carboxylic acids is 1. The third-order valence-corrected chi connectivity index (χ3v) is 3.86. The lowest BCUT2D eigenvalue weighted by Crippen LogP contribution is -2.38. The Hall–Kier alpha value is -0.940. The maximum atomic E-state index is 13.3. The van der Waals surface area contributed by atoms with E-state index in [4.69, 9.17) is 4.74 Å². The largest absolute Gasteiger partial charge is 0.381 e. The number of rotatable bonds is 3. The molecule has 3 nitrogen and oxygen atoms in total. The van der Waals surface area contributed by atoms with Gasteiger partial charge < -0.3 is 10.1 Å². The maximum Gasteiger partial charge on any atom is 0.251 e. The van der Waals surface area contributed by atoms with Crippen LogP contribution in [0.4, 0.5) is 4.39 Å². The molecule has 0 spiro atoms. The summed E-state index contributed by atoms with van der Waals surface area (Å²) in [5.41, 5.74) is 0.335. The zero-order valence-corrected chi connectivity index (χ0v) is 11.7. The highest BCUT2D eigenvalue weighted by Crippen LogP contribution is 2.18. The second kappa shape index (κ2) is 5.80. The predicted octanol–water partition coefficient (Wildman–Crippen LogP) is 2.74. The van der Waals surface area contributed by atoms with Crippen LogP contribution in [-0.2, 0) is 4.74 Å². The van der Waals surface area contributed by atoms with Gasteiger partial charge in [-0.05, 0) is 47.5 Å². The molecule has 0 saturated carbocycles. The van der Waals surface area contributed by atoms with E-state index in [1.807, 2.05) is 6.92 Å². The second-order valence-electron chi connectivity index (χ2n) is 4.51. The van der Waals surface area contributed by atoms with E-state index in [0.29, 0.717) is 22.6 Å². The molecule has 2 atom stereocenters. The number of hydrogen-bond acceptors (Lipinski definition) is 2. The van der Waals surface area contributed by atoms with Gasteiger partial charge in [0.25, 0.3) is 5.91 Å². The van der Waals surface area contributed by atoms with Crippen molar-refractivity contribution in [3.05, 3.63) is 34.1 Å². The molecule has 2 rings (SSSR count). The number of halogens is 2. The Morgan fingerprint density at radius 1 is 1.61 bits per heavy atom. The van der Waals surface area contributed by atoms with Crippen molar-refractivity contribution in [1.82, 2.24) is 5.32 Å². The quantitative estimate of drug-likeness (QED) is 0.931. The van der Waals surface area contributed by atoms with Crippen molar-refractivity contribution < 1.29 is 13.9 Å². The molecule has 0 aromatic heterocycles. The third-order valence-electron chi connectivity index (χ3n) is 3.21. The molecule has 2 unspecified atom stereocenters. The summed E-state index contributed by atoms with van der Waals surface area (Å²) < 4.78 is 19.0. The van der Waals surface area contributed by atoms with Crippen LogP contribution in [0.15, 0.2) is 22.7 Å². The highest BCUT2D eigenvalue weighted by atomic mass is 79.9. The highest BCUT2D eigenvalue weighted by Gasteiger charge is 2.24. The van der Waals surface area contributed by atoms with Crippen LogP contribution in [0.25, 0.3) is 0 Å². The van der Waals surface area contributed by atoms with Crippen LogP contribution >= 0.6 is 15.9 Å². The van der Waals surface area contributed by atoms with E-state index in [2.05, 4.69) is 21.2 Å². The monoisotopic (exact) mass is 315 g/mol. The van der Waals surface area contributed by atoms with Crippen molar-refractivity contribution in [1.29, 1.82) is 0 Å². The zero-order valence-electron chi connectivity index (χ0n) is 10.1. The summed E-state index contributed by atoms with van der Waals surface area (Å²) in [6.45, 7) is 3.38. The lowest BCUT2D eigenvalue weighted by Gasteiger charge is -2.19. The molecule has 1 N–H and O–H groups in total. The van der Waals surface area contributed by atoms with Gasteiger partial charge in [0.2, 0.25) is 0 Å². The van der Waals surface area contributed by atoms with Crippen molar-refractivity contribution >= 4 is 21.8 Å². The van der Waals surface area contributed by atoms with Gasteiger partial charge in [0.15, 0.2) is 0 Å². The Labute approximate surface area is 114 Å². The molecule has 98 valence electrons. The second-order valence-corrected chi connectivity index (χ2v) is 5.37. The van der Waals surface area contributed by atoms with E-state index in [-0.39, 0.29) is 11.9 Å². The number of carbonyl (C=O) groups is 1. The van der Waals surface area contributed by atoms with Crippen LogP contribution in [0.5, 0.6) is 0 Å². The van der Waals surface area contributed by atoms with E-state index < -0.39 is 5.82 Å². The first-order valence-corrected chi connectivity index (χ1v) is 6.71. The summed E-state index contributed by atoms with van der Waals surface area (Å²) in [6.07, 6.45) is 0.955. The number of hydrogen-bond donors (Lipinski definition) is 1. The van der Waals surface area contributed by atoms with Crippen molar-refractivity contribution in [2.24, 2.45) is 5.92 Å². The van der Waals surface area contributed by atoms with Crippen LogP contribution in [0.1, 0.15) is 23.7 Å². The van der Waals surface area contributed by atoms with E-state index in [0.717, 1.165) is 13.0 Å². The maximum absolute atomic E-state index is 13.3. The minimum Gasteiger partial charge on any atom is -0.381 e. The molecule has 5 heteroatoms. The highest BCUT2D eigenvalue weighted by molar-refractivity contribution is 9.10. The van der Waals surface area contributed by atoms with Gasteiger partial charge in [0.1, 0.15) is 5.82 Å². The van der Waals surface area contributed by atoms with Crippen molar-refractivity contribution in [2.75, 3.05) is 13.2 Å². The Kier molecular flexibility index (Phi) is 4.35. The molecular weight excluding hydrogens is 301 g/mol. The fourth-order valence-electron chi connectivity index (χ4n) is 1.99. The van der Waals surface area contributed by atoms with E-state index in [1.54, 1.807) is 6.07 Å². The molecule has 1 aromatic carbocycles. The summed E-state index contributed by atoms with van der Waals surface area (Å²) in [5, 5.41) is 2.88. The van der Waals surface area contributed by atoms with Gasteiger partial charge in [-0.3, -0.25) is 4.79 Å². The third kappa shape index (κ3) is 3.09. The van der Waals surface area contributed by atoms with Crippen LogP contribution in [-0.4, -0.2) is 25.2 Å². The molecule has 1 saturated heterocycles. The molecule has 1 amide bonds. The van der Waals surface area contributed by atoms with Gasteiger partial charge in [-0.15, -0.1) is 0 Å². The standard InChI is InChI=1S/C13H15BrFNO2/c1-8(10-4-5-18-7-10)16-13(17)9-2-3-11(14)12(15)6-9/h2-3,6,8,10H,4-5,7H2,1H3,(H,16,17). The first-order valence-electron chi connectivity index (χ1n) is 5.91. The SMILES string of the molecule is CC(NC(=O)c1ccc(Br)c(F)c1)C1CCOC1. The van der Waals surface area contributed by atoms with Gasteiger partial charge in [-0.25, -0.2) is 4.39 Å². The fraction of sp³-hybridized carbons (Fsp3) is 0.462. The molecular formula is C13H15BrFNO2. The number of amides is 1. The van der Waals surface area contributed by atoms with Gasteiger partial charge >= 0.3 is 0 Å². The summed E-state index contributed by atoms with van der Waals surface area (Å²) in [6, 6.07) is 4.40. The Morgan fingerprint density at radius 3 is 3.00 bits per heavy atom. The summed E-state index contributed by atoms with van der Waals surface area (Å²) in [7, 11) is 0. The number of benzene rings is 1. The lowest BCUT2D eigenvalue weighted by molar-refractivity contribution is 0.0921. The topological polar surface area (TPSA) is 38.3 Å². The van der Waals surface area contributed by atoms with Crippen molar-refractivity contribution in [3.8, 4) is 0 Å². The number of nitrogens with one attached hydrogen (secondary N) is 1. The molecule has 1 aliphatic rings. The lowest BCUT2D eigenvalue weighted by atomic mass is 10.0. The van der Waals surface area contributed by atoms with Crippen LogP contribution < -0.4 is 5.32 Å². The molecule has 1 aliphatic heterocycles. The van der Waals surface area contributed by atoms with Gasteiger partial charge in [0, 0.05) is 24.1 Å². The van der Waals surface area contributed by atoms with E-state index in [1.165, 1.54) is 12.1 Å². The van der Waals surface area contributed by atoms with Gasteiger partial charge in [-0.1, -0.05) is 0 Å². The van der Waals surface area contributed by atoms with Gasteiger partial charge in [-0.2, -0.15) is 0 Å². The fourth-order valence-corrected chi connectivity index (χ4v) is 2.24. The Balaban J connectivity index is 2.00. The molecule has 0 aliphatic carbocycles. The Bertz CT molecular complexity index is 447.